The Bertz CT molecular complexity index is 1220. The fourth-order valence-corrected chi connectivity index (χ4v) is 4.77. The zero-order valence-electron chi connectivity index (χ0n) is 15.5. The van der Waals surface area contributed by atoms with Gasteiger partial charge in [0.1, 0.15) is 0 Å². The van der Waals surface area contributed by atoms with Crippen LogP contribution < -0.4 is 14.5 Å². The van der Waals surface area contributed by atoms with Gasteiger partial charge >= 0.3 is 0 Å². The third kappa shape index (κ3) is 3.01. The summed E-state index contributed by atoms with van der Waals surface area (Å²) in [6.45, 7) is 0. The molecule has 0 saturated carbocycles. The van der Waals surface area contributed by atoms with E-state index in [0.717, 1.165) is 27.9 Å². The van der Waals surface area contributed by atoms with Crippen LogP contribution in [0.25, 0.3) is 10.8 Å². The number of carbonyl (C=O) groups is 1. The lowest BCUT2D eigenvalue weighted by Gasteiger charge is -2.13. The smallest absolute Gasteiger partial charge is 0.270 e. The highest BCUT2D eigenvalue weighted by atomic mass is 32.2. The summed E-state index contributed by atoms with van der Waals surface area (Å²) in [4.78, 5) is 17.0. The number of thioether (sulfide) groups is 1. The summed E-state index contributed by atoms with van der Waals surface area (Å²) in [5.74, 6) is 1.36. The number of hydrogen-bond donors (Lipinski definition) is 0. The second-order valence-corrected chi connectivity index (χ2v) is 8.35. The van der Waals surface area contributed by atoms with Gasteiger partial charge in [-0.2, -0.15) is 0 Å². The van der Waals surface area contributed by atoms with Crippen molar-refractivity contribution >= 4 is 56.4 Å². The molecule has 5 rings (SSSR count). The maximum atomic E-state index is 12.9. The van der Waals surface area contributed by atoms with Crippen molar-refractivity contribution < 1.29 is 9.53 Å². The van der Waals surface area contributed by atoms with E-state index in [2.05, 4.69) is 18.2 Å². The minimum Gasteiger partial charge on any atom is -0.439 e. The summed E-state index contributed by atoms with van der Waals surface area (Å²) >= 11 is 6.72. The van der Waals surface area contributed by atoms with E-state index >= 15 is 0 Å². The molecule has 2 aliphatic heterocycles. The second-order valence-electron chi connectivity index (χ2n) is 6.67. The van der Waals surface area contributed by atoms with Crippen molar-refractivity contribution in [1.29, 1.82) is 0 Å². The van der Waals surface area contributed by atoms with Crippen LogP contribution in [0.2, 0.25) is 0 Å². The topological polar surface area (TPSA) is 32.8 Å². The molecule has 0 unspecified atom stereocenters. The van der Waals surface area contributed by atoms with Crippen LogP contribution in [-0.4, -0.2) is 17.3 Å². The van der Waals surface area contributed by atoms with Crippen molar-refractivity contribution in [3.63, 3.8) is 0 Å². The van der Waals surface area contributed by atoms with Crippen LogP contribution in [0.1, 0.15) is 0 Å². The zero-order valence-corrected chi connectivity index (χ0v) is 17.2. The Morgan fingerprint density at radius 3 is 2.55 bits per heavy atom. The Morgan fingerprint density at radius 2 is 1.72 bits per heavy atom. The maximum absolute atomic E-state index is 12.9. The predicted octanol–water partition coefficient (Wildman–Crippen LogP) is 5.46. The number of anilines is 2. The van der Waals surface area contributed by atoms with Crippen LogP contribution in [0.3, 0.4) is 0 Å². The van der Waals surface area contributed by atoms with Gasteiger partial charge in [0.25, 0.3) is 5.91 Å². The first-order valence-electron chi connectivity index (χ1n) is 9.10. The molecule has 1 amide bonds. The number of carbonyl (C=O) groups excluding carboxylic acids is 1. The standard InChI is InChI=1S/C23H16N2O2S2/c1-24-20(27-18-12-11-15-7-5-6-10-17(15)21(18)24)14-13-19-22(26)25(23(28)29-19)16-8-3-2-4-9-16/h2-14H,1H3. The molecule has 0 aliphatic carbocycles. The number of rotatable bonds is 2. The first kappa shape index (κ1) is 18.0. The summed E-state index contributed by atoms with van der Waals surface area (Å²) in [6, 6.07) is 21.7. The molecule has 2 aliphatic rings. The van der Waals surface area contributed by atoms with Gasteiger partial charge in [0.15, 0.2) is 16.0 Å². The van der Waals surface area contributed by atoms with E-state index in [1.807, 2.05) is 66.6 Å². The largest absolute Gasteiger partial charge is 0.439 e. The number of amides is 1. The molecule has 2 heterocycles. The average molecular weight is 417 g/mol. The van der Waals surface area contributed by atoms with Gasteiger partial charge in [-0.05, 0) is 29.7 Å². The van der Waals surface area contributed by atoms with Gasteiger partial charge in [0, 0.05) is 18.5 Å². The monoisotopic (exact) mass is 416 g/mol. The Balaban J connectivity index is 1.46. The molecule has 0 N–H and O–H groups in total. The lowest BCUT2D eigenvalue weighted by atomic mass is 10.1. The van der Waals surface area contributed by atoms with E-state index in [4.69, 9.17) is 17.0 Å². The molecule has 142 valence electrons. The van der Waals surface area contributed by atoms with E-state index in [0.29, 0.717) is 15.1 Å². The van der Waals surface area contributed by atoms with E-state index in [1.54, 1.807) is 11.0 Å². The van der Waals surface area contributed by atoms with Crippen molar-refractivity contribution in [1.82, 2.24) is 0 Å². The summed E-state index contributed by atoms with van der Waals surface area (Å²) in [5, 5.41) is 2.29. The average Bonchev–Trinajstić information content (AvgIpc) is 3.22. The molecule has 3 aromatic carbocycles. The molecule has 6 heteroatoms. The quantitative estimate of drug-likeness (QED) is 0.409. The minimum atomic E-state index is -0.119. The highest BCUT2D eigenvalue weighted by Crippen LogP contribution is 2.43. The maximum Gasteiger partial charge on any atom is 0.270 e. The summed E-state index contributed by atoms with van der Waals surface area (Å²) in [5.41, 5.74) is 1.80. The molecule has 1 saturated heterocycles. The predicted molar refractivity (Wildman–Crippen MR) is 123 cm³/mol. The fraction of sp³-hybridized carbons (Fsp3) is 0.0435. The summed E-state index contributed by atoms with van der Waals surface area (Å²) < 4.78 is 6.56. The van der Waals surface area contributed by atoms with Crippen LogP contribution >= 0.6 is 24.0 Å². The molecule has 4 nitrogen and oxygen atoms in total. The number of para-hydroxylation sites is 1. The fourth-order valence-electron chi connectivity index (χ4n) is 3.53. The van der Waals surface area contributed by atoms with Gasteiger partial charge in [0.05, 0.1) is 16.3 Å². The van der Waals surface area contributed by atoms with Crippen LogP contribution in [0.4, 0.5) is 11.4 Å². The molecule has 0 bridgehead atoms. The number of nitrogens with zero attached hydrogens (tertiary/aromatic N) is 2. The third-order valence-corrected chi connectivity index (χ3v) is 6.25. The van der Waals surface area contributed by atoms with Gasteiger partial charge in [-0.1, -0.05) is 72.5 Å². The molecule has 1 fully saturated rings. The Hall–Kier alpha value is -3.09. The highest BCUT2D eigenvalue weighted by Gasteiger charge is 2.33. The van der Waals surface area contributed by atoms with Gasteiger partial charge in [-0.25, -0.2) is 0 Å². The number of hydrogen-bond acceptors (Lipinski definition) is 5. The van der Waals surface area contributed by atoms with Gasteiger partial charge in [-0.15, -0.1) is 0 Å². The molecular weight excluding hydrogens is 400 g/mol. The summed E-state index contributed by atoms with van der Waals surface area (Å²) in [7, 11) is 1.97. The van der Waals surface area contributed by atoms with Crippen molar-refractivity contribution in [2.24, 2.45) is 0 Å². The highest BCUT2D eigenvalue weighted by molar-refractivity contribution is 8.27. The van der Waals surface area contributed by atoms with Crippen LogP contribution in [0.15, 0.2) is 89.7 Å². The van der Waals surface area contributed by atoms with Crippen LogP contribution in [0, 0.1) is 0 Å². The molecule has 0 spiro atoms. The molecule has 29 heavy (non-hydrogen) atoms. The number of benzene rings is 3. The molecule has 3 aromatic rings. The van der Waals surface area contributed by atoms with E-state index < -0.39 is 0 Å². The Morgan fingerprint density at radius 1 is 0.966 bits per heavy atom. The van der Waals surface area contributed by atoms with Crippen molar-refractivity contribution in [2.45, 2.75) is 0 Å². The Labute approximate surface area is 178 Å². The lowest BCUT2D eigenvalue weighted by Crippen LogP contribution is -2.27. The van der Waals surface area contributed by atoms with E-state index in [9.17, 15) is 4.79 Å². The SMILES string of the molecule is CN1C(=CC=C2SC(=S)N(c3ccccc3)C2=O)Oc2ccc3ccccc3c21. The van der Waals surface area contributed by atoms with Crippen molar-refractivity contribution in [3.8, 4) is 5.75 Å². The minimum absolute atomic E-state index is 0.119. The van der Waals surface area contributed by atoms with E-state index in [1.165, 1.54) is 11.8 Å². The molecule has 0 aromatic heterocycles. The lowest BCUT2D eigenvalue weighted by molar-refractivity contribution is -0.113. The number of thiocarbonyl (C=S) groups is 1. The molecular formula is C23H16N2O2S2. The second kappa shape index (κ2) is 7.06. The van der Waals surface area contributed by atoms with Gasteiger partial charge < -0.3 is 9.64 Å². The molecule has 0 radical (unpaired) electrons. The van der Waals surface area contributed by atoms with Crippen LogP contribution in [0.5, 0.6) is 5.75 Å². The number of ether oxygens (including phenoxy) is 1. The van der Waals surface area contributed by atoms with Crippen molar-refractivity contribution in [3.05, 3.63) is 89.7 Å². The van der Waals surface area contributed by atoms with Gasteiger partial charge in [-0.3, -0.25) is 9.69 Å². The third-order valence-electron chi connectivity index (χ3n) is 4.93. The normalized spacial score (nSPS) is 18.8. The van der Waals surface area contributed by atoms with Crippen LogP contribution in [-0.2, 0) is 4.79 Å². The number of allylic oxidation sites excluding steroid dienone is 2. The van der Waals surface area contributed by atoms with E-state index in [-0.39, 0.29) is 5.91 Å². The number of fused-ring (bicyclic) bond motifs is 3. The Kier molecular flexibility index (Phi) is 4.38. The first-order chi connectivity index (χ1) is 14.1. The zero-order chi connectivity index (χ0) is 20.0. The van der Waals surface area contributed by atoms with Crippen molar-refractivity contribution in [2.75, 3.05) is 16.8 Å². The first-order valence-corrected chi connectivity index (χ1v) is 10.3. The van der Waals surface area contributed by atoms with Gasteiger partial charge in [0.2, 0.25) is 0 Å². The summed E-state index contributed by atoms with van der Waals surface area (Å²) in [6.07, 6.45) is 3.61. The molecule has 0 atom stereocenters.